The summed E-state index contributed by atoms with van der Waals surface area (Å²) in [6.07, 6.45) is 0. The van der Waals surface area contributed by atoms with Gasteiger partial charge in [-0.25, -0.2) is 0 Å². The minimum absolute atomic E-state index is 0.720. The van der Waals surface area contributed by atoms with Gasteiger partial charge in [0.2, 0.25) is 0 Å². The van der Waals surface area contributed by atoms with Crippen molar-refractivity contribution in [3.63, 3.8) is 0 Å². The molecule has 0 aromatic rings. The summed E-state index contributed by atoms with van der Waals surface area (Å²) in [4.78, 5) is 0. The van der Waals surface area contributed by atoms with Crippen LogP contribution in [0, 0.1) is 0 Å². The van der Waals surface area contributed by atoms with Crippen LogP contribution < -0.4 is 5.73 Å². The first-order chi connectivity index (χ1) is 3.41. The standard InChI is InChI=1S/CH4IN.4ClH.Pb/c2-1-3;;;;;/h1,3H2;4*1H;/q;;;;;+4/p-4. The molecule has 52 valence electrons. The fraction of sp³-hybridized carbons (Fsp3) is 1.00. The predicted molar refractivity (Wildman–Crippen MR) is 52.2 cm³/mol. The van der Waals surface area contributed by atoms with E-state index < -0.39 is 16.3 Å². The van der Waals surface area contributed by atoms with Gasteiger partial charge in [0.15, 0.2) is 0 Å². The van der Waals surface area contributed by atoms with Gasteiger partial charge in [0.05, 0.1) is 0 Å². The molecule has 2 N–H and O–H groups in total. The van der Waals surface area contributed by atoms with Gasteiger partial charge in [-0.3, -0.25) is 0 Å². The van der Waals surface area contributed by atoms with Crippen molar-refractivity contribution in [2.75, 3.05) is 4.55 Å². The molecular formula is CH4Cl4INPb. The van der Waals surface area contributed by atoms with Crippen LogP contribution in [0.2, 0.25) is 0 Å². The average molecular weight is 506 g/mol. The molecule has 0 bridgehead atoms. The topological polar surface area (TPSA) is 26.0 Å². The Kier molecular flexibility index (Phi) is 13.2. The average Bonchev–Trinajstić information content (AvgIpc) is 1.27. The summed E-state index contributed by atoms with van der Waals surface area (Å²) in [5.74, 6) is 0. The van der Waals surface area contributed by atoms with E-state index in [1.54, 1.807) is 0 Å². The molecule has 0 aromatic carbocycles. The zero-order valence-electron chi connectivity index (χ0n) is 3.67. The molecular weight excluding hydrogens is 502 g/mol. The van der Waals surface area contributed by atoms with Gasteiger partial charge in [-0.05, 0) is 0 Å². The summed E-state index contributed by atoms with van der Waals surface area (Å²) >= 11 is -1.32. The second-order valence-corrected chi connectivity index (χ2v) is 34.9. The Balaban J connectivity index is 0. The molecule has 0 spiro atoms. The molecule has 0 radical (unpaired) electrons. The van der Waals surface area contributed by atoms with E-state index >= 15 is 0 Å². The van der Waals surface area contributed by atoms with Crippen molar-refractivity contribution in [2.45, 2.75) is 0 Å². The number of hydrogen-bond donors (Lipinski definition) is 1. The van der Waals surface area contributed by atoms with Crippen molar-refractivity contribution in [1.29, 1.82) is 0 Å². The van der Waals surface area contributed by atoms with Crippen molar-refractivity contribution in [3.8, 4) is 0 Å². The molecule has 0 aliphatic heterocycles. The molecule has 0 aromatic heterocycles. The van der Waals surface area contributed by atoms with E-state index in [-0.39, 0.29) is 0 Å². The number of nitrogens with two attached hydrogens (primary N) is 1. The molecule has 0 amide bonds. The Morgan fingerprint density at radius 2 is 1.25 bits per heavy atom. The molecule has 7 heteroatoms. The molecule has 0 aliphatic carbocycles. The number of halogens is 5. The van der Waals surface area contributed by atoms with Gasteiger partial charge in [0.25, 0.3) is 0 Å². The Morgan fingerprint density at radius 3 is 1.25 bits per heavy atom. The molecule has 8 heavy (non-hydrogen) atoms. The van der Waals surface area contributed by atoms with Crippen molar-refractivity contribution in [2.24, 2.45) is 5.73 Å². The molecule has 0 heterocycles. The summed E-state index contributed by atoms with van der Waals surface area (Å²) in [6.45, 7) is 0. The molecule has 0 saturated heterocycles. The first-order valence-electron chi connectivity index (χ1n) is 1.43. The summed E-state index contributed by atoms with van der Waals surface area (Å²) in [7, 11) is 20.2. The molecule has 0 fully saturated rings. The van der Waals surface area contributed by atoms with Crippen molar-refractivity contribution < 1.29 is 0 Å². The summed E-state index contributed by atoms with van der Waals surface area (Å²) in [5, 5.41) is 0. The van der Waals surface area contributed by atoms with Crippen LogP contribution in [0.5, 0.6) is 0 Å². The van der Waals surface area contributed by atoms with E-state index in [0.29, 0.717) is 0 Å². The van der Waals surface area contributed by atoms with Gasteiger partial charge in [-0.15, -0.1) is 0 Å². The number of alkyl halides is 1. The van der Waals surface area contributed by atoms with Crippen LogP contribution in [-0.2, 0) is 0 Å². The zero-order chi connectivity index (χ0) is 7.21. The Morgan fingerprint density at radius 1 is 1.25 bits per heavy atom. The normalized spacial score (nSPS) is 9.75. The van der Waals surface area contributed by atoms with E-state index in [2.05, 4.69) is 22.6 Å². The molecule has 0 atom stereocenters. The van der Waals surface area contributed by atoms with Gasteiger partial charge in [0.1, 0.15) is 0 Å². The van der Waals surface area contributed by atoms with E-state index in [1.165, 1.54) is 0 Å². The summed E-state index contributed by atoms with van der Waals surface area (Å²) in [5.41, 5.74) is 4.83. The van der Waals surface area contributed by atoms with Crippen LogP contribution in [0.4, 0.5) is 0 Å². The molecule has 0 unspecified atom stereocenters. The van der Waals surface area contributed by atoms with Crippen LogP contribution in [0.15, 0.2) is 0 Å². The van der Waals surface area contributed by atoms with E-state index in [0.717, 1.165) is 4.55 Å². The Bertz CT molecular complexity index is 39.8. The molecule has 0 rings (SSSR count). The van der Waals surface area contributed by atoms with Gasteiger partial charge >= 0.3 is 49.5 Å². The van der Waals surface area contributed by atoms with Crippen LogP contribution in [-0.4, -0.2) is 20.8 Å². The Hall–Kier alpha value is 2.77. The molecule has 0 aliphatic rings. The third kappa shape index (κ3) is 69.0. The maximum absolute atomic E-state index is 5.05. The quantitative estimate of drug-likeness (QED) is 0.233. The van der Waals surface area contributed by atoms with Crippen molar-refractivity contribution >= 4 is 72.1 Å². The fourth-order valence-electron chi connectivity index (χ4n) is 0. The van der Waals surface area contributed by atoms with Crippen molar-refractivity contribution in [3.05, 3.63) is 0 Å². The first-order valence-corrected chi connectivity index (χ1v) is 22.1. The van der Waals surface area contributed by atoms with Gasteiger partial charge in [-0.1, -0.05) is 22.6 Å². The van der Waals surface area contributed by atoms with Crippen LogP contribution in [0.3, 0.4) is 0 Å². The summed E-state index contributed by atoms with van der Waals surface area (Å²) < 4.78 is 0.720. The maximum atomic E-state index is 5.05. The monoisotopic (exact) mass is 505 g/mol. The minimum atomic E-state index is -3.39. The fourth-order valence-corrected chi connectivity index (χ4v) is 0. The third-order valence-electron chi connectivity index (χ3n) is 0. The number of rotatable bonds is 0. The molecule has 1 nitrogen and oxygen atoms in total. The van der Waals surface area contributed by atoms with E-state index in [1.807, 2.05) is 0 Å². The second kappa shape index (κ2) is 7.87. The Labute approximate surface area is 80.8 Å². The van der Waals surface area contributed by atoms with E-state index in [9.17, 15) is 0 Å². The predicted octanol–water partition coefficient (Wildman–Crippen LogP) is 2.71. The van der Waals surface area contributed by atoms with Crippen LogP contribution in [0.1, 0.15) is 0 Å². The van der Waals surface area contributed by atoms with Crippen LogP contribution in [0.25, 0.3) is 0 Å². The number of hydrogen-bond acceptors (Lipinski definition) is 1. The third-order valence-corrected chi connectivity index (χ3v) is 0. The SMILES string of the molecule is NCI.[Cl][Pb]([Cl])([Cl])[Cl]. The van der Waals surface area contributed by atoms with Gasteiger partial charge < -0.3 is 5.73 Å². The zero-order valence-corrected chi connectivity index (χ0v) is 12.7. The second-order valence-electron chi connectivity index (χ2n) is 0.583. The van der Waals surface area contributed by atoms with E-state index in [4.69, 9.17) is 39.0 Å². The van der Waals surface area contributed by atoms with Gasteiger partial charge in [-0.2, -0.15) is 0 Å². The first kappa shape index (κ1) is 13.4. The van der Waals surface area contributed by atoms with Gasteiger partial charge in [0, 0.05) is 4.55 Å². The van der Waals surface area contributed by atoms with Crippen LogP contribution >= 0.6 is 55.9 Å². The van der Waals surface area contributed by atoms with Crippen molar-refractivity contribution in [1.82, 2.24) is 0 Å². The summed E-state index contributed by atoms with van der Waals surface area (Å²) in [6, 6.07) is 0. The molecule has 0 saturated carbocycles.